The Balaban J connectivity index is 1.96. The zero-order valence-electron chi connectivity index (χ0n) is 8.87. The molecule has 3 nitrogen and oxygen atoms in total. The summed E-state index contributed by atoms with van der Waals surface area (Å²) in [6.07, 6.45) is 7.50. The molecule has 0 bridgehead atoms. The second-order valence-corrected chi connectivity index (χ2v) is 4.19. The highest BCUT2D eigenvalue weighted by Gasteiger charge is 2.16. The van der Waals surface area contributed by atoms with Crippen LogP contribution in [-0.4, -0.2) is 16.8 Å². The number of rotatable bonds is 4. The molecule has 2 rings (SSSR count). The summed E-state index contributed by atoms with van der Waals surface area (Å²) in [6.45, 7) is 2.04. The van der Waals surface area contributed by atoms with Crippen LogP contribution >= 0.6 is 0 Å². The molecule has 1 aliphatic carbocycles. The second kappa shape index (κ2) is 4.60. The fourth-order valence-electron chi connectivity index (χ4n) is 2.29. The van der Waals surface area contributed by atoms with Gasteiger partial charge in [-0.3, -0.25) is 4.68 Å². The molecule has 1 N–H and O–H groups in total. The van der Waals surface area contributed by atoms with E-state index in [0.717, 1.165) is 19.0 Å². The summed E-state index contributed by atoms with van der Waals surface area (Å²) < 4.78 is 2.16. The maximum atomic E-state index is 4.37. The van der Waals surface area contributed by atoms with Crippen molar-refractivity contribution in [3.63, 3.8) is 0 Å². The summed E-state index contributed by atoms with van der Waals surface area (Å²) in [5, 5.41) is 7.55. The van der Waals surface area contributed by atoms with Crippen LogP contribution in [0.5, 0.6) is 0 Å². The van der Waals surface area contributed by atoms with Crippen LogP contribution in [0.2, 0.25) is 0 Å². The number of nitrogens with one attached hydrogen (secondary N) is 1. The lowest BCUT2D eigenvalue weighted by atomic mass is 10.1. The zero-order valence-corrected chi connectivity index (χ0v) is 8.87. The molecule has 0 aromatic carbocycles. The molecule has 1 aromatic heterocycles. The zero-order chi connectivity index (χ0) is 9.80. The van der Waals surface area contributed by atoms with Crippen LogP contribution in [0.1, 0.15) is 31.4 Å². The molecule has 1 fully saturated rings. The minimum Gasteiger partial charge on any atom is -0.314 e. The second-order valence-electron chi connectivity index (χ2n) is 4.19. The highest BCUT2D eigenvalue weighted by Crippen LogP contribution is 2.26. The molecule has 0 unspecified atom stereocenters. The summed E-state index contributed by atoms with van der Waals surface area (Å²) in [6, 6.07) is 2.10. The van der Waals surface area contributed by atoms with Crippen LogP contribution in [0.3, 0.4) is 0 Å². The van der Waals surface area contributed by atoms with Gasteiger partial charge in [-0.25, -0.2) is 0 Å². The van der Waals surface area contributed by atoms with Crippen molar-refractivity contribution in [3.05, 3.63) is 18.0 Å². The predicted molar refractivity (Wildman–Crippen MR) is 56.9 cm³/mol. The third-order valence-corrected chi connectivity index (χ3v) is 3.07. The van der Waals surface area contributed by atoms with E-state index in [4.69, 9.17) is 0 Å². The average molecular weight is 193 g/mol. The monoisotopic (exact) mass is 193 g/mol. The normalized spacial score (nSPS) is 17.8. The van der Waals surface area contributed by atoms with Crippen molar-refractivity contribution in [3.8, 4) is 0 Å². The summed E-state index contributed by atoms with van der Waals surface area (Å²) in [7, 11) is 1.98. The van der Waals surface area contributed by atoms with Gasteiger partial charge in [0.05, 0.1) is 5.69 Å². The quantitative estimate of drug-likeness (QED) is 0.790. The molecule has 0 saturated heterocycles. The van der Waals surface area contributed by atoms with Gasteiger partial charge in [-0.1, -0.05) is 12.8 Å². The third-order valence-electron chi connectivity index (χ3n) is 3.07. The van der Waals surface area contributed by atoms with Gasteiger partial charge >= 0.3 is 0 Å². The van der Waals surface area contributed by atoms with Crippen molar-refractivity contribution in [2.45, 2.75) is 38.8 Å². The van der Waals surface area contributed by atoms with E-state index >= 15 is 0 Å². The van der Waals surface area contributed by atoms with E-state index in [1.54, 1.807) is 0 Å². The smallest absolute Gasteiger partial charge is 0.0522 e. The molecule has 1 aliphatic rings. The summed E-state index contributed by atoms with van der Waals surface area (Å²) in [5.41, 5.74) is 1.31. The standard InChI is InChI=1S/C11H19N3/c1-12-8-11-6-7-13-14(11)9-10-4-2-3-5-10/h6-7,10,12H,2-5,8-9H2,1H3. The van der Waals surface area contributed by atoms with Crippen molar-refractivity contribution in [1.82, 2.24) is 15.1 Å². The van der Waals surface area contributed by atoms with Gasteiger partial charge in [-0.2, -0.15) is 5.10 Å². The first-order valence-electron chi connectivity index (χ1n) is 5.55. The highest BCUT2D eigenvalue weighted by atomic mass is 15.3. The Bertz CT molecular complexity index is 274. The molecule has 14 heavy (non-hydrogen) atoms. The molecule has 3 heteroatoms. The van der Waals surface area contributed by atoms with E-state index in [0.29, 0.717) is 0 Å². The molecule has 1 aromatic rings. The van der Waals surface area contributed by atoms with Gasteiger partial charge in [0.1, 0.15) is 0 Å². The van der Waals surface area contributed by atoms with Crippen molar-refractivity contribution in [2.24, 2.45) is 5.92 Å². The highest BCUT2D eigenvalue weighted by molar-refractivity contribution is 5.00. The summed E-state index contributed by atoms with van der Waals surface area (Å²) in [4.78, 5) is 0. The summed E-state index contributed by atoms with van der Waals surface area (Å²) >= 11 is 0. The van der Waals surface area contributed by atoms with Crippen LogP contribution in [0.25, 0.3) is 0 Å². The Hall–Kier alpha value is -0.830. The maximum absolute atomic E-state index is 4.37. The molecular weight excluding hydrogens is 174 g/mol. The SMILES string of the molecule is CNCc1ccnn1CC1CCCC1. The number of nitrogens with zero attached hydrogens (tertiary/aromatic N) is 2. The minimum absolute atomic E-state index is 0.866. The first-order chi connectivity index (χ1) is 6.90. The van der Waals surface area contributed by atoms with Crippen molar-refractivity contribution in [2.75, 3.05) is 7.05 Å². The lowest BCUT2D eigenvalue weighted by molar-refractivity contribution is 0.416. The van der Waals surface area contributed by atoms with Gasteiger partial charge in [0.25, 0.3) is 0 Å². The third kappa shape index (κ3) is 2.15. The molecule has 1 heterocycles. The van der Waals surface area contributed by atoms with E-state index in [9.17, 15) is 0 Å². The van der Waals surface area contributed by atoms with Gasteiger partial charge in [0.2, 0.25) is 0 Å². The molecule has 1 saturated carbocycles. The molecule has 78 valence electrons. The predicted octanol–water partition coefficient (Wildman–Crippen LogP) is 1.79. The van der Waals surface area contributed by atoms with Crippen molar-refractivity contribution < 1.29 is 0 Å². The molecule has 0 atom stereocenters. The first-order valence-corrected chi connectivity index (χ1v) is 5.55. The largest absolute Gasteiger partial charge is 0.314 e. The van der Waals surface area contributed by atoms with Crippen LogP contribution in [0, 0.1) is 5.92 Å². The fourth-order valence-corrected chi connectivity index (χ4v) is 2.29. The first kappa shape index (κ1) is 9.71. The van der Waals surface area contributed by atoms with E-state index in [1.807, 2.05) is 13.2 Å². The molecule has 0 aliphatic heterocycles. The fraction of sp³-hybridized carbons (Fsp3) is 0.727. The minimum atomic E-state index is 0.866. The van der Waals surface area contributed by atoms with Gasteiger partial charge in [-0.15, -0.1) is 0 Å². The average Bonchev–Trinajstić information content (AvgIpc) is 2.80. The number of hydrogen-bond donors (Lipinski definition) is 1. The lowest BCUT2D eigenvalue weighted by Crippen LogP contribution is -2.15. The van der Waals surface area contributed by atoms with Crippen LogP contribution in [0.4, 0.5) is 0 Å². The maximum Gasteiger partial charge on any atom is 0.0522 e. The van der Waals surface area contributed by atoms with Crippen molar-refractivity contribution in [1.29, 1.82) is 0 Å². The van der Waals surface area contributed by atoms with Gasteiger partial charge < -0.3 is 5.32 Å². The molecule has 0 radical (unpaired) electrons. The Morgan fingerprint density at radius 1 is 1.50 bits per heavy atom. The Kier molecular flexibility index (Phi) is 3.19. The van der Waals surface area contributed by atoms with Crippen LogP contribution in [0.15, 0.2) is 12.3 Å². The Morgan fingerprint density at radius 3 is 3.00 bits per heavy atom. The lowest BCUT2D eigenvalue weighted by Gasteiger charge is -2.11. The number of aromatic nitrogens is 2. The molecule has 0 amide bonds. The van der Waals surface area contributed by atoms with Gasteiger partial charge in [-0.05, 0) is 31.9 Å². The molecule has 0 spiro atoms. The Morgan fingerprint density at radius 2 is 2.29 bits per heavy atom. The topological polar surface area (TPSA) is 29.9 Å². The van der Waals surface area contributed by atoms with E-state index in [-0.39, 0.29) is 0 Å². The molecular formula is C11H19N3. The van der Waals surface area contributed by atoms with Crippen LogP contribution in [-0.2, 0) is 13.1 Å². The van der Waals surface area contributed by atoms with E-state index in [2.05, 4.69) is 21.2 Å². The number of hydrogen-bond acceptors (Lipinski definition) is 2. The summed E-state index contributed by atoms with van der Waals surface area (Å²) in [5.74, 6) is 0.866. The van der Waals surface area contributed by atoms with Crippen molar-refractivity contribution >= 4 is 0 Å². The van der Waals surface area contributed by atoms with Gasteiger partial charge in [0, 0.05) is 19.3 Å². The van der Waals surface area contributed by atoms with Crippen LogP contribution < -0.4 is 5.32 Å². The van der Waals surface area contributed by atoms with Gasteiger partial charge in [0.15, 0.2) is 0 Å². The Labute approximate surface area is 85.5 Å². The van der Waals surface area contributed by atoms with E-state index < -0.39 is 0 Å². The van der Waals surface area contributed by atoms with E-state index in [1.165, 1.54) is 31.4 Å².